The molecule has 0 spiro atoms. The van der Waals surface area contributed by atoms with Crippen molar-refractivity contribution in [3.8, 4) is 0 Å². The highest BCUT2D eigenvalue weighted by Gasteiger charge is 2.29. The Hall–Kier alpha value is -0.870. The molecule has 1 aliphatic rings. The second kappa shape index (κ2) is 7.23. The SMILES string of the molecule is CCC1CCNC(C(=O)N(C)C(C)Cc2cccs2)C1. The van der Waals surface area contributed by atoms with E-state index < -0.39 is 0 Å². The van der Waals surface area contributed by atoms with Crippen molar-refractivity contribution in [2.24, 2.45) is 5.92 Å². The predicted molar refractivity (Wildman–Crippen MR) is 85.1 cm³/mol. The van der Waals surface area contributed by atoms with E-state index in [4.69, 9.17) is 0 Å². The lowest BCUT2D eigenvalue weighted by Gasteiger charge is -2.34. The molecule has 0 aliphatic carbocycles. The van der Waals surface area contributed by atoms with Crippen LogP contribution in [0.15, 0.2) is 17.5 Å². The number of carbonyl (C=O) groups excluding carboxylic acids is 1. The van der Waals surface area contributed by atoms with Gasteiger partial charge in [0.25, 0.3) is 0 Å². The normalized spacial score (nSPS) is 24.4. The fourth-order valence-corrected chi connectivity index (χ4v) is 3.70. The number of likely N-dealkylation sites (N-methyl/N-ethyl adjacent to an activating group) is 1. The van der Waals surface area contributed by atoms with Crippen LogP contribution in [-0.2, 0) is 11.2 Å². The number of piperidine rings is 1. The average molecular weight is 294 g/mol. The molecular formula is C16H26N2OS. The monoisotopic (exact) mass is 294 g/mol. The highest BCUT2D eigenvalue weighted by atomic mass is 32.1. The maximum absolute atomic E-state index is 12.6. The fraction of sp³-hybridized carbons (Fsp3) is 0.688. The molecule has 1 aromatic heterocycles. The summed E-state index contributed by atoms with van der Waals surface area (Å²) in [6, 6.07) is 4.49. The number of nitrogens with zero attached hydrogens (tertiary/aromatic N) is 1. The fourth-order valence-electron chi connectivity index (χ4n) is 2.87. The maximum Gasteiger partial charge on any atom is 0.239 e. The van der Waals surface area contributed by atoms with Crippen LogP contribution in [-0.4, -0.2) is 36.5 Å². The van der Waals surface area contributed by atoms with Crippen LogP contribution in [0.1, 0.15) is 38.0 Å². The van der Waals surface area contributed by atoms with Gasteiger partial charge in [-0.2, -0.15) is 0 Å². The zero-order valence-electron chi connectivity index (χ0n) is 12.8. The Morgan fingerprint density at radius 3 is 3.05 bits per heavy atom. The van der Waals surface area contributed by atoms with Gasteiger partial charge in [0.2, 0.25) is 5.91 Å². The van der Waals surface area contributed by atoms with Gasteiger partial charge in [0, 0.05) is 24.4 Å². The quantitative estimate of drug-likeness (QED) is 0.905. The number of carbonyl (C=O) groups is 1. The summed E-state index contributed by atoms with van der Waals surface area (Å²) in [4.78, 5) is 15.9. The summed E-state index contributed by atoms with van der Waals surface area (Å²) in [5.74, 6) is 0.957. The topological polar surface area (TPSA) is 32.3 Å². The second-order valence-corrected chi connectivity index (χ2v) is 6.92. The van der Waals surface area contributed by atoms with Crippen LogP contribution in [0.25, 0.3) is 0 Å². The summed E-state index contributed by atoms with van der Waals surface area (Å²) >= 11 is 1.77. The Morgan fingerprint density at radius 2 is 2.40 bits per heavy atom. The van der Waals surface area contributed by atoms with Gasteiger partial charge in [0.15, 0.2) is 0 Å². The van der Waals surface area contributed by atoms with Crippen LogP contribution >= 0.6 is 11.3 Å². The van der Waals surface area contributed by atoms with Gasteiger partial charge < -0.3 is 10.2 Å². The number of thiophene rings is 1. The van der Waals surface area contributed by atoms with Crippen molar-refractivity contribution in [1.29, 1.82) is 0 Å². The lowest BCUT2D eigenvalue weighted by atomic mass is 9.89. The van der Waals surface area contributed by atoms with Crippen molar-refractivity contribution in [3.05, 3.63) is 22.4 Å². The Kier molecular flexibility index (Phi) is 5.61. The number of nitrogens with one attached hydrogen (secondary N) is 1. The first-order chi connectivity index (χ1) is 9.61. The average Bonchev–Trinajstić information content (AvgIpc) is 2.98. The molecule has 0 aromatic carbocycles. The zero-order valence-corrected chi connectivity index (χ0v) is 13.6. The number of rotatable bonds is 5. The van der Waals surface area contributed by atoms with E-state index in [1.165, 1.54) is 17.7 Å². The largest absolute Gasteiger partial charge is 0.341 e. The molecule has 1 fully saturated rings. The minimum absolute atomic E-state index is 0.0180. The summed E-state index contributed by atoms with van der Waals surface area (Å²) in [7, 11) is 1.94. The summed E-state index contributed by atoms with van der Waals surface area (Å²) < 4.78 is 0. The Morgan fingerprint density at radius 1 is 1.60 bits per heavy atom. The summed E-state index contributed by atoms with van der Waals surface area (Å²) in [6.07, 6.45) is 4.32. The van der Waals surface area contributed by atoms with E-state index in [-0.39, 0.29) is 18.0 Å². The molecule has 3 unspecified atom stereocenters. The van der Waals surface area contributed by atoms with Gasteiger partial charge in [-0.1, -0.05) is 19.4 Å². The first-order valence-corrected chi connectivity index (χ1v) is 8.52. The van der Waals surface area contributed by atoms with Crippen molar-refractivity contribution in [2.45, 2.75) is 51.6 Å². The minimum atomic E-state index is 0.0180. The van der Waals surface area contributed by atoms with Crippen LogP contribution in [0.4, 0.5) is 0 Å². The van der Waals surface area contributed by atoms with Gasteiger partial charge in [-0.15, -0.1) is 11.3 Å². The van der Waals surface area contributed by atoms with E-state index in [0.717, 1.165) is 19.4 Å². The third-order valence-electron chi connectivity index (χ3n) is 4.47. The van der Waals surface area contributed by atoms with Gasteiger partial charge in [-0.05, 0) is 43.7 Å². The van der Waals surface area contributed by atoms with Gasteiger partial charge in [0.1, 0.15) is 0 Å². The number of hydrogen-bond donors (Lipinski definition) is 1. The molecule has 1 aromatic rings. The van der Waals surface area contributed by atoms with Gasteiger partial charge >= 0.3 is 0 Å². The first-order valence-electron chi connectivity index (χ1n) is 7.64. The van der Waals surface area contributed by atoms with Crippen molar-refractivity contribution in [3.63, 3.8) is 0 Å². The standard InChI is InChI=1S/C16H26N2OS/c1-4-13-7-8-17-15(11-13)16(19)18(3)12(2)10-14-6-5-9-20-14/h5-6,9,12-13,15,17H,4,7-8,10-11H2,1-3H3. The van der Waals surface area contributed by atoms with Crippen LogP contribution in [0.3, 0.4) is 0 Å². The number of amides is 1. The van der Waals surface area contributed by atoms with Gasteiger partial charge in [-0.3, -0.25) is 4.79 Å². The van der Waals surface area contributed by atoms with Crippen LogP contribution < -0.4 is 5.32 Å². The van der Waals surface area contributed by atoms with E-state index in [9.17, 15) is 4.79 Å². The third-order valence-corrected chi connectivity index (χ3v) is 5.37. The Bertz CT molecular complexity index is 418. The molecule has 20 heavy (non-hydrogen) atoms. The highest BCUT2D eigenvalue weighted by Crippen LogP contribution is 2.21. The van der Waals surface area contributed by atoms with E-state index >= 15 is 0 Å². The van der Waals surface area contributed by atoms with Crippen LogP contribution in [0, 0.1) is 5.92 Å². The molecule has 0 bridgehead atoms. The Balaban J connectivity index is 1.90. The molecule has 3 nitrogen and oxygen atoms in total. The van der Waals surface area contributed by atoms with E-state index in [1.54, 1.807) is 11.3 Å². The smallest absolute Gasteiger partial charge is 0.239 e. The molecule has 112 valence electrons. The van der Waals surface area contributed by atoms with Crippen molar-refractivity contribution < 1.29 is 4.79 Å². The van der Waals surface area contributed by atoms with E-state index in [2.05, 4.69) is 36.7 Å². The molecule has 1 N–H and O–H groups in total. The predicted octanol–water partition coefficient (Wildman–Crippen LogP) is 2.92. The third kappa shape index (κ3) is 3.83. The molecule has 1 saturated heterocycles. The molecule has 2 rings (SSSR count). The van der Waals surface area contributed by atoms with Crippen LogP contribution in [0.5, 0.6) is 0 Å². The maximum atomic E-state index is 12.6. The van der Waals surface area contributed by atoms with Gasteiger partial charge in [-0.25, -0.2) is 0 Å². The molecule has 1 aliphatic heterocycles. The lowest BCUT2D eigenvalue weighted by molar-refractivity contribution is -0.134. The summed E-state index contributed by atoms with van der Waals surface area (Å²) in [5.41, 5.74) is 0. The molecule has 1 amide bonds. The van der Waals surface area contributed by atoms with Crippen molar-refractivity contribution >= 4 is 17.2 Å². The summed E-state index contributed by atoms with van der Waals surface area (Å²) in [6.45, 7) is 5.33. The lowest BCUT2D eigenvalue weighted by Crippen LogP contribution is -2.51. The van der Waals surface area contributed by atoms with E-state index in [0.29, 0.717) is 5.92 Å². The first kappa shape index (κ1) is 15.5. The highest BCUT2D eigenvalue weighted by molar-refractivity contribution is 7.09. The van der Waals surface area contributed by atoms with Gasteiger partial charge in [0.05, 0.1) is 6.04 Å². The molecule has 2 heterocycles. The number of hydrogen-bond acceptors (Lipinski definition) is 3. The molecule has 4 heteroatoms. The Labute approximate surface area is 126 Å². The molecular weight excluding hydrogens is 268 g/mol. The minimum Gasteiger partial charge on any atom is -0.341 e. The van der Waals surface area contributed by atoms with Crippen molar-refractivity contribution in [2.75, 3.05) is 13.6 Å². The molecule has 0 radical (unpaired) electrons. The van der Waals surface area contributed by atoms with Crippen LogP contribution in [0.2, 0.25) is 0 Å². The van der Waals surface area contributed by atoms with E-state index in [1.807, 2.05) is 11.9 Å². The van der Waals surface area contributed by atoms with Crippen molar-refractivity contribution in [1.82, 2.24) is 10.2 Å². The molecule has 0 saturated carbocycles. The molecule has 3 atom stereocenters. The second-order valence-electron chi connectivity index (χ2n) is 5.89. The summed E-state index contributed by atoms with van der Waals surface area (Å²) in [5, 5.41) is 5.48. The zero-order chi connectivity index (χ0) is 14.5.